The Morgan fingerprint density at radius 2 is 1.72 bits per heavy atom. The van der Waals surface area contributed by atoms with Gasteiger partial charge in [0.1, 0.15) is 11.3 Å². The lowest BCUT2D eigenvalue weighted by atomic mass is 10.1. The predicted octanol–water partition coefficient (Wildman–Crippen LogP) is 3.81. The number of Topliss-reactive ketones (excluding diaryl/α,β-unsaturated/α-hetero) is 1. The smallest absolute Gasteiger partial charge is 0.261 e. The first-order valence-electron chi connectivity index (χ1n) is 7.60. The van der Waals surface area contributed by atoms with Crippen LogP contribution in [0.3, 0.4) is 0 Å². The van der Waals surface area contributed by atoms with Gasteiger partial charge in [0, 0.05) is 16.8 Å². The average Bonchev–Trinajstić information content (AvgIpc) is 3.12. The number of amides is 1. The summed E-state index contributed by atoms with van der Waals surface area (Å²) in [5.41, 5.74) is 2.20. The third-order valence-electron chi connectivity index (χ3n) is 3.72. The second-order valence-electron chi connectivity index (χ2n) is 5.38. The maximum Gasteiger partial charge on any atom is 0.261 e. The fourth-order valence-electron chi connectivity index (χ4n) is 2.34. The van der Waals surface area contributed by atoms with Crippen molar-refractivity contribution in [2.75, 3.05) is 12.4 Å². The molecule has 0 atom stereocenters. The van der Waals surface area contributed by atoms with E-state index in [0.717, 1.165) is 5.56 Å². The van der Waals surface area contributed by atoms with E-state index in [4.69, 9.17) is 9.26 Å². The number of hydrogen-bond donors (Lipinski definition) is 1. The number of nitrogens with zero attached hydrogens (tertiary/aromatic N) is 1. The molecule has 6 heteroatoms. The van der Waals surface area contributed by atoms with Gasteiger partial charge in [0.2, 0.25) is 0 Å². The summed E-state index contributed by atoms with van der Waals surface area (Å²) in [5.74, 6) is 0.710. The van der Waals surface area contributed by atoms with Crippen LogP contribution in [0.25, 0.3) is 11.3 Å². The molecular weight excluding hydrogens is 320 g/mol. The first-order valence-corrected chi connectivity index (χ1v) is 7.60. The van der Waals surface area contributed by atoms with Gasteiger partial charge in [-0.25, -0.2) is 0 Å². The molecule has 0 radical (unpaired) electrons. The number of ketones is 1. The number of carbonyl (C=O) groups is 2. The van der Waals surface area contributed by atoms with Crippen molar-refractivity contribution in [3.8, 4) is 17.1 Å². The molecule has 0 spiro atoms. The lowest BCUT2D eigenvalue weighted by Crippen LogP contribution is -2.12. The maximum atomic E-state index is 12.5. The van der Waals surface area contributed by atoms with Crippen molar-refractivity contribution in [1.82, 2.24) is 5.16 Å². The van der Waals surface area contributed by atoms with E-state index in [9.17, 15) is 9.59 Å². The van der Waals surface area contributed by atoms with Crippen molar-refractivity contribution in [2.24, 2.45) is 0 Å². The molecule has 1 amide bonds. The van der Waals surface area contributed by atoms with Gasteiger partial charge in [0.15, 0.2) is 11.5 Å². The molecule has 0 unspecified atom stereocenters. The van der Waals surface area contributed by atoms with Gasteiger partial charge >= 0.3 is 0 Å². The minimum atomic E-state index is -0.345. The summed E-state index contributed by atoms with van der Waals surface area (Å²) in [6.07, 6.45) is 1.37. The summed E-state index contributed by atoms with van der Waals surface area (Å²) < 4.78 is 10.4. The lowest BCUT2D eigenvalue weighted by Gasteiger charge is -2.06. The van der Waals surface area contributed by atoms with Crippen molar-refractivity contribution in [3.63, 3.8) is 0 Å². The molecule has 0 aliphatic heterocycles. The number of rotatable bonds is 5. The molecule has 1 aromatic heterocycles. The van der Waals surface area contributed by atoms with E-state index in [-0.39, 0.29) is 11.7 Å². The zero-order valence-corrected chi connectivity index (χ0v) is 13.8. The predicted molar refractivity (Wildman–Crippen MR) is 92.9 cm³/mol. The largest absolute Gasteiger partial charge is 0.497 e. The number of hydrogen-bond acceptors (Lipinski definition) is 5. The van der Waals surface area contributed by atoms with Crippen molar-refractivity contribution < 1.29 is 18.8 Å². The van der Waals surface area contributed by atoms with Crippen molar-refractivity contribution in [2.45, 2.75) is 6.92 Å². The van der Waals surface area contributed by atoms with Crippen molar-refractivity contribution in [1.29, 1.82) is 0 Å². The van der Waals surface area contributed by atoms with Gasteiger partial charge in [-0.3, -0.25) is 9.59 Å². The SMILES string of the molecule is COc1ccc(-c2oncc2C(=O)Nc2ccc(C(C)=O)cc2)cc1. The highest BCUT2D eigenvalue weighted by Gasteiger charge is 2.18. The molecule has 0 fully saturated rings. The number of aromatic nitrogens is 1. The highest BCUT2D eigenvalue weighted by Crippen LogP contribution is 2.26. The van der Waals surface area contributed by atoms with Gasteiger partial charge in [-0.05, 0) is 55.5 Å². The average molecular weight is 336 g/mol. The first kappa shape index (κ1) is 16.4. The third-order valence-corrected chi connectivity index (χ3v) is 3.72. The highest BCUT2D eigenvalue weighted by atomic mass is 16.5. The van der Waals surface area contributed by atoms with Crippen LogP contribution in [-0.2, 0) is 0 Å². The summed E-state index contributed by atoms with van der Waals surface area (Å²) >= 11 is 0. The van der Waals surface area contributed by atoms with Gasteiger partial charge in [0.25, 0.3) is 5.91 Å². The first-order chi connectivity index (χ1) is 12.1. The van der Waals surface area contributed by atoms with Gasteiger partial charge < -0.3 is 14.6 Å². The van der Waals surface area contributed by atoms with Crippen LogP contribution < -0.4 is 10.1 Å². The van der Waals surface area contributed by atoms with Crippen LogP contribution in [0.5, 0.6) is 5.75 Å². The Balaban J connectivity index is 1.81. The molecule has 1 heterocycles. The van der Waals surface area contributed by atoms with E-state index in [1.807, 2.05) is 0 Å². The Morgan fingerprint density at radius 3 is 2.32 bits per heavy atom. The molecule has 0 aliphatic carbocycles. The van der Waals surface area contributed by atoms with Crippen LogP contribution in [0, 0.1) is 0 Å². The zero-order valence-electron chi connectivity index (χ0n) is 13.8. The maximum absolute atomic E-state index is 12.5. The number of ether oxygens (including phenoxy) is 1. The van der Waals surface area contributed by atoms with Crippen molar-refractivity contribution >= 4 is 17.4 Å². The Labute approximate surface area is 144 Å². The molecule has 126 valence electrons. The highest BCUT2D eigenvalue weighted by molar-refractivity contribution is 6.07. The fourth-order valence-corrected chi connectivity index (χ4v) is 2.34. The van der Waals surface area contributed by atoms with Crippen LogP contribution in [0.1, 0.15) is 27.6 Å². The van der Waals surface area contributed by atoms with Gasteiger partial charge in [-0.2, -0.15) is 0 Å². The van der Waals surface area contributed by atoms with E-state index in [2.05, 4.69) is 10.5 Å². The van der Waals surface area contributed by atoms with Crippen molar-refractivity contribution in [3.05, 3.63) is 65.9 Å². The second-order valence-corrected chi connectivity index (χ2v) is 5.38. The molecule has 0 bridgehead atoms. The Morgan fingerprint density at radius 1 is 1.04 bits per heavy atom. The van der Waals surface area contributed by atoms with Crippen LogP contribution in [0.4, 0.5) is 5.69 Å². The van der Waals surface area contributed by atoms with Gasteiger partial charge in [-0.1, -0.05) is 5.16 Å². The summed E-state index contributed by atoms with van der Waals surface area (Å²) in [5, 5.41) is 6.50. The van der Waals surface area contributed by atoms with Gasteiger partial charge in [0.05, 0.1) is 13.3 Å². The van der Waals surface area contributed by atoms with Gasteiger partial charge in [-0.15, -0.1) is 0 Å². The normalized spacial score (nSPS) is 10.3. The molecule has 6 nitrogen and oxygen atoms in total. The Bertz CT molecular complexity index is 896. The number of nitrogens with one attached hydrogen (secondary N) is 1. The van der Waals surface area contributed by atoms with Crippen LogP contribution in [-0.4, -0.2) is 24.0 Å². The summed E-state index contributed by atoms with van der Waals surface area (Å²) in [7, 11) is 1.58. The van der Waals surface area contributed by atoms with Crippen LogP contribution in [0.15, 0.2) is 59.3 Å². The Hall–Kier alpha value is -3.41. The fraction of sp³-hybridized carbons (Fsp3) is 0.105. The molecule has 25 heavy (non-hydrogen) atoms. The Kier molecular flexibility index (Phi) is 4.61. The van der Waals surface area contributed by atoms with Crippen LogP contribution in [0.2, 0.25) is 0 Å². The summed E-state index contributed by atoms with van der Waals surface area (Å²) in [6.45, 7) is 1.49. The van der Waals surface area contributed by atoms with E-state index in [1.165, 1.54) is 13.1 Å². The molecule has 0 saturated carbocycles. The lowest BCUT2D eigenvalue weighted by molar-refractivity contribution is 0.101. The number of benzene rings is 2. The topological polar surface area (TPSA) is 81.4 Å². The molecule has 3 aromatic rings. The van der Waals surface area contributed by atoms with E-state index in [0.29, 0.717) is 28.3 Å². The molecule has 3 rings (SSSR count). The molecule has 0 saturated heterocycles. The monoisotopic (exact) mass is 336 g/mol. The van der Waals surface area contributed by atoms with E-state index in [1.54, 1.807) is 55.6 Å². The van der Waals surface area contributed by atoms with Crippen LogP contribution >= 0.6 is 0 Å². The number of carbonyl (C=O) groups excluding carboxylic acids is 2. The zero-order chi connectivity index (χ0) is 17.8. The third kappa shape index (κ3) is 3.58. The quantitative estimate of drug-likeness (QED) is 0.717. The molecular formula is C19H16N2O4. The minimum absolute atomic E-state index is 0.0290. The minimum Gasteiger partial charge on any atom is -0.497 e. The number of anilines is 1. The summed E-state index contributed by atoms with van der Waals surface area (Å²) in [4.78, 5) is 23.8. The van der Waals surface area contributed by atoms with E-state index >= 15 is 0 Å². The molecule has 2 aromatic carbocycles. The van der Waals surface area contributed by atoms with E-state index < -0.39 is 0 Å². The molecule has 0 aliphatic rings. The molecule has 1 N–H and O–H groups in total. The standard InChI is InChI=1S/C19H16N2O4/c1-12(22)13-3-7-15(8-4-13)21-19(23)17-11-20-25-18(17)14-5-9-16(24-2)10-6-14/h3-11H,1-2H3,(H,21,23). The second kappa shape index (κ2) is 7.00. The summed E-state index contributed by atoms with van der Waals surface area (Å²) in [6, 6.07) is 13.8. The number of methoxy groups -OCH3 is 1.